The van der Waals surface area contributed by atoms with Gasteiger partial charge in [-0.05, 0) is 13.5 Å². The zero-order valence-corrected chi connectivity index (χ0v) is 9.58. The molecule has 0 aliphatic heterocycles. The van der Waals surface area contributed by atoms with E-state index in [0.29, 0.717) is 12.8 Å². The molecule has 0 amide bonds. The Bertz CT molecular complexity index is 340. The summed E-state index contributed by atoms with van der Waals surface area (Å²) in [6.07, 6.45) is -2.84. The number of hydrogen-bond donors (Lipinski definition) is 1. The van der Waals surface area contributed by atoms with Gasteiger partial charge in [0.1, 0.15) is 6.61 Å². The minimum Gasteiger partial charge on any atom is -0.475 e. The van der Waals surface area contributed by atoms with Crippen molar-refractivity contribution in [2.45, 2.75) is 26.1 Å². The summed E-state index contributed by atoms with van der Waals surface area (Å²) in [5, 5.41) is 3.10. The predicted molar refractivity (Wildman–Crippen MR) is 55.7 cm³/mol. The third-order valence-corrected chi connectivity index (χ3v) is 1.95. The Morgan fingerprint density at radius 3 is 2.53 bits per heavy atom. The summed E-state index contributed by atoms with van der Waals surface area (Å²) in [5.74, 6) is 0.0859. The van der Waals surface area contributed by atoms with E-state index in [2.05, 4.69) is 15.3 Å². The van der Waals surface area contributed by atoms with Crippen LogP contribution in [0.25, 0.3) is 0 Å². The van der Waals surface area contributed by atoms with Crippen LogP contribution in [0.3, 0.4) is 0 Å². The van der Waals surface area contributed by atoms with E-state index in [4.69, 9.17) is 4.74 Å². The smallest absolute Gasteiger partial charge is 0.434 e. The summed E-state index contributed by atoms with van der Waals surface area (Å²) in [6.45, 7) is 4.98. The minimum atomic E-state index is -4.47. The first-order valence-corrected chi connectivity index (χ1v) is 5.19. The van der Waals surface area contributed by atoms with E-state index in [1.54, 1.807) is 0 Å². The standard InChI is InChI=1S/C10H14F3N3O/c1-3-14-7(2)6-17-9-5-15-8(4-16-9)10(11,12)13/h4-5,7,14H,3,6H2,1-2H3. The highest BCUT2D eigenvalue weighted by molar-refractivity contribution is 5.09. The van der Waals surface area contributed by atoms with Gasteiger partial charge in [-0.15, -0.1) is 0 Å². The molecule has 0 saturated heterocycles. The topological polar surface area (TPSA) is 47.0 Å². The van der Waals surface area contributed by atoms with E-state index in [1.165, 1.54) is 0 Å². The molecule has 1 N–H and O–H groups in total. The molecule has 0 aromatic carbocycles. The van der Waals surface area contributed by atoms with Crippen molar-refractivity contribution in [3.63, 3.8) is 0 Å². The Morgan fingerprint density at radius 1 is 1.35 bits per heavy atom. The number of likely N-dealkylation sites (N-methyl/N-ethyl adjacent to an activating group) is 1. The van der Waals surface area contributed by atoms with Crippen LogP contribution >= 0.6 is 0 Å². The van der Waals surface area contributed by atoms with Crippen molar-refractivity contribution in [3.05, 3.63) is 18.1 Å². The van der Waals surface area contributed by atoms with Crippen LogP contribution in [0.5, 0.6) is 5.88 Å². The maximum atomic E-state index is 12.2. The lowest BCUT2D eigenvalue weighted by molar-refractivity contribution is -0.141. The first-order valence-electron chi connectivity index (χ1n) is 5.19. The quantitative estimate of drug-likeness (QED) is 0.865. The van der Waals surface area contributed by atoms with Crippen molar-refractivity contribution in [1.29, 1.82) is 0 Å². The van der Waals surface area contributed by atoms with Gasteiger partial charge in [-0.3, -0.25) is 0 Å². The number of hydrogen-bond acceptors (Lipinski definition) is 4. The van der Waals surface area contributed by atoms with Crippen LogP contribution in [0.4, 0.5) is 13.2 Å². The molecule has 0 saturated carbocycles. The molecule has 0 bridgehead atoms. The number of rotatable bonds is 5. The number of nitrogens with zero attached hydrogens (tertiary/aromatic N) is 2. The van der Waals surface area contributed by atoms with Crippen LogP contribution in [-0.4, -0.2) is 29.2 Å². The van der Waals surface area contributed by atoms with E-state index in [0.717, 1.165) is 12.7 Å². The van der Waals surface area contributed by atoms with Crippen LogP contribution < -0.4 is 10.1 Å². The van der Waals surface area contributed by atoms with E-state index < -0.39 is 11.9 Å². The molecule has 1 unspecified atom stereocenters. The number of nitrogens with one attached hydrogen (secondary N) is 1. The fraction of sp³-hybridized carbons (Fsp3) is 0.600. The van der Waals surface area contributed by atoms with E-state index in [9.17, 15) is 13.2 Å². The summed E-state index contributed by atoms with van der Waals surface area (Å²) in [5.41, 5.74) is -1.02. The van der Waals surface area contributed by atoms with Crippen LogP contribution in [0.15, 0.2) is 12.4 Å². The average molecular weight is 249 g/mol. The molecular formula is C10H14F3N3O. The third-order valence-electron chi connectivity index (χ3n) is 1.95. The molecule has 96 valence electrons. The summed E-state index contributed by atoms with van der Waals surface area (Å²) in [4.78, 5) is 6.79. The predicted octanol–water partition coefficient (Wildman–Crippen LogP) is 1.87. The fourth-order valence-electron chi connectivity index (χ4n) is 1.15. The number of aromatic nitrogens is 2. The summed E-state index contributed by atoms with van der Waals surface area (Å²) < 4.78 is 41.7. The Kier molecular flexibility index (Phi) is 4.68. The van der Waals surface area contributed by atoms with Gasteiger partial charge in [0.2, 0.25) is 5.88 Å². The average Bonchev–Trinajstić information content (AvgIpc) is 2.26. The van der Waals surface area contributed by atoms with Crippen LogP contribution in [-0.2, 0) is 6.18 Å². The lowest BCUT2D eigenvalue weighted by atomic mass is 10.3. The lowest BCUT2D eigenvalue weighted by Gasteiger charge is -2.13. The van der Waals surface area contributed by atoms with Gasteiger partial charge in [0.25, 0.3) is 0 Å². The van der Waals surface area contributed by atoms with E-state index in [-0.39, 0.29) is 11.9 Å². The molecule has 4 nitrogen and oxygen atoms in total. The Hall–Kier alpha value is -1.37. The van der Waals surface area contributed by atoms with Gasteiger partial charge >= 0.3 is 6.18 Å². The Balaban J connectivity index is 2.51. The molecule has 1 aromatic heterocycles. The fourth-order valence-corrected chi connectivity index (χ4v) is 1.15. The molecule has 1 rings (SSSR count). The van der Waals surface area contributed by atoms with Crippen molar-refractivity contribution < 1.29 is 17.9 Å². The second kappa shape index (κ2) is 5.81. The highest BCUT2D eigenvalue weighted by Crippen LogP contribution is 2.27. The zero-order chi connectivity index (χ0) is 12.9. The molecule has 1 atom stereocenters. The number of alkyl halides is 3. The van der Waals surface area contributed by atoms with Gasteiger partial charge in [0, 0.05) is 6.04 Å². The second-order valence-corrected chi connectivity index (χ2v) is 3.51. The summed E-state index contributed by atoms with van der Waals surface area (Å²) >= 11 is 0. The minimum absolute atomic E-state index is 0.0859. The van der Waals surface area contributed by atoms with Gasteiger partial charge < -0.3 is 10.1 Å². The summed E-state index contributed by atoms with van der Waals surface area (Å²) in [6, 6.07) is 0.101. The van der Waals surface area contributed by atoms with Gasteiger partial charge in [0.05, 0.1) is 12.4 Å². The van der Waals surface area contributed by atoms with Gasteiger partial charge in [-0.25, -0.2) is 9.97 Å². The normalized spacial score (nSPS) is 13.5. The Labute approximate surface area is 97.2 Å². The molecule has 0 aliphatic rings. The van der Waals surface area contributed by atoms with Crippen molar-refractivity contribution in [2.75, 3.05) is 13.2 Å². The molecule has 1 aromatic rings. The molecule has 0 aliphatic carbocycles. The molecule has 0 radical (unpaired) electrons. The van der Waals surface area contributed by atoms with Crippen molar-refractivity contribution >= 4 is 0 Å². The monoisotopic (exact) mass is 249 g/mol. The van der Waals surface area contributed by atoms with Crippen LogP contribution in [0.1, 0.15) is 19.5 Å². The molecule has 0 spiro atoms. The maximum absolute atomic E-state index is 12.2. The zero-order valence-electron chi connectivity index (χ0n) is 9.58. The van der Waals surface area contributed by atoms with Crippen molar-refractivity contribution in [1.82, 2.24) is 15.3 Å². The second-order valence-electron chi connectivity index (χ2n) is 3.51. The first-order chi connectivity index (χ1) is 7.93. The van der Waals surface area contributed by atoms with Gasteiger partial charge in [-0.1, -0.05) is 6.92 Å². The van der Waals surface area contributed by atoms with Crippen molar-refractivity contribution in [2.24, 2.45) is 0 Å². The number of halogens is 3. The highest BCUT2D eigenvalue weighted by atomic mass is 19.4. The van der Waals surface area contributed by atoms with E-state index >= 15 is 0 Å². The molecule has 0 fully saturated rings. The maximum Gasteiger partial charge on any atom is 0.434 e. The largest absolute Gasteiger partial charge is 0.475 e. The Morgan fingerprint density at radius 2 is 2.06 bits per heavy atom. The van der Waals surface area contributed by atoms with E-state index in [1.807, 2.05) is 13.8 Å². The van der Waals surface area contributed by atoms with Crippen molar-refractivity contribution in [3.8, 4) is 5.88 Å². The first kappa shape index (κ1) is 13.7. The number of ether oxygens (including phenoxy) is 1. The molecular weight excluding hydrogens is 235 g/mol. The highest BCUT2D eigenvalue weighted by Gasteiger charge is 2.32. The molecule has 17 heavy (non-hydrogen) atoms. The van der Waals surface area contributed by atoms with Crippen LogP contribution in [0.2, 0.25) is 0 Å². The van der Waals surface area contributed by atoms with Gasteiger partial charge in [0.15, 0.2) is 5.69 Å². The third kappa shape index (κ3) is 4.56. The molecule has 1 heterocycles. The van der Waals surface area contributed by atoms with Gasteiger partial charge in [-0.2, -0.15) is 13.2 Å². The molecule has 7 heteroatoms. The summed E-state index contributed by atoms with van der Waals surface area (Å²) in [7, 11) is 0. The SMILES string of the molecule is CCNC(C)COc1cnc(C(F)(F)F)cn1. The lowest BCUT2D eigenvalue weighted by Crippen LogP contribution is -2.31. The van der Waals surface area contributed by atoms with Crippen LogP contribution in [0, 0.1) is 0 Å².